The number of nitrogens with one attached hydrogen (secondary N) is 2. The molecule has 10 nitrogen and oxygen atoms in total. The summed E-state index contributed by atoms with van der Waals surface area (Å²) in [5.74, 6) is 1.05. The van der Waals surface area contributed by atoms with Crippen molar-refractivity contribution in [2.24, 2.45) is 5.92 Å². The monoisotopic (exact) mass is 448 g/mol. The summed E-state index contributed by atoms with van der Waals surface area (Å²) in [6.45, 7) is 2.07. The van der Waals surface area contributed by atoms with Gasteiger partial charge in [0.05, 0.1) is 42.9 Å². The fraction of sp³-hybridized carbons (Fsp3) is 0.522. The molecule has 2 fully saturated rings. The molecule has 3 aromatic heterocycles. The summed E-state index contributed by atoms with van der Waals surface area (Å²) in [7, 11) is 0. The van der Waals surface area contributed by atoms with Crippen molar-refractivity contribution in [3.05, 3.63) is 24.8 Å². The molecular formula is C23H28N8O2. The van der Waals surface area contributed by atoms with E-state index in [2.05, 4.69) is 26.3 Å². The molecule has 1 saturated heterocycles. The van der Waals surface area contributed by atoms with E-state index in [0.29, 0.717) is 31.3 Å². The van der Waals surface area contributed by atoms with Crippen LogP contribution in [-0.4, -0.2) is 63.5 Å². The van der Waals surface area contributed by atoms with Crippen LogP contribution in [-0.2, 0) is 9.53 Å². The van der Waals surface area contributed by atoms with Crippen LogP contribution >= 0.6 is 0 Å². The van der Waals surface area contributed by atoms with Crippen molar-refractivity contribution < 1.29 is 9.53 Å². The van der Waals surface area contributed by atoms with Crippen molar-refractivity contribution in [1.29, 1.82) is 5.26 Å². The molecule has 0 aromatic carbocycles. The van der Waals surface area contributed by atoms with E-state index in [1.807, 2.05) is 28.0 Å². The van der Waals surface area contributed by atoms with Gasteiger partial charge in [0, 0.05) is 30.9 Å². The number of aromatic nitrogens is 5. The number of carbonyl (C=O) groups is 1. The third-order valence-corrected chi connectivity index (χ3v) is 6.70. The molecule has 0 radical (unpaired) electrons. The van der Waals surface area contributed by atoms with Crippen molar-refractivity contribution in [2.45, 2.75) is 44.4 Å². The first-order chi connectivity index (χ1) is 16.3. The molecule has 5 rings (SSSR count). The van der Waals surface area contributed by atoms with E-state index in [4.69, 9.17) is 9.84 Å². The molecule has 2 aliphatic rings. The van der Waals surface area contributed by atoms with Gasteiger partial charge in [0.2, 0.25) is 0 Å². The molecule has 2 N–H and O–H groups in total. The van der Waals surface area contributed by atoms with Gasteiger partial charge < -0.3 is 24.7 Å². The van der Waals surface area contributed by atoms with Gasteiger partial charge in [-0.05, 0) is 24.8 Å². The van der Waals surface area contributed by atoms with Gasteiger partial charge in [0.25, 0.3) is 0 Å². The molecule has 0 spiro atoms. The molecule has 2 unspecified atom stereocenters. The lowest BCUT2D eigenvalue weighted by Gasteiger charge is -2.34. The zero-order chi connectivity index (χ0) is 22.6. The second-order valence-electron chi connectivity index (χ2n) is 8.63. The Morgan fingerprint density at radius 3 is 3.00 bits per heavy atom. The number of hydrogen-bond donors (Lipinski definition) is 2. The van der Waals surface area contributed by atoms with E-state index in [9.17, 15) is 10.1 Å². The number of aldehydes is 1. The van der Waals surface area contributed by atoms with Gasteiger partial charge in [0.15, 0.2) is 5.82 Å². The first-order valence-electron chi connectivity index (χ1n) is 11.6. The van der Waals surface area contributed by atoms with Crippen molar-refractivity contribution in [3.63, 3.8) is 0 Å². The number of fused-ring (bicyclic) bond motifs is 1. The van der Waals surface area contributed by atoms with Gasteiger partial charge in [0.1, 0.15) is 24.5 Å². The average molecular weight is 449 g/mol. The Bertz CT molecular complexity index is 1140. The zero-order valence-corrected chi connectivity index (χ0v) is 18.5. The Hall–Kier alpha value is -3.29. The fourth-order valence-corrected chi connectivity index (χ4v) is 5.10. The minimum atomic E-state index is -0.324. The van der Waals surface area contributed by atoms with E-state index in [-0.39, 0.29) is 18.8 Å². The standard InChI is InChI=1S/C23H28N8O2/c24-7-5-19(16-3-1-2-4-16)31-14-18(21-17-6-8-26-22(17)28-15-27-21)23(29-31)30(10-11-32)20-13-25-9-12-33-20/h6,8,11,14-16,19-20,25H,1-5,9-10,12-13H2,(H,26,27,28). The highest BCUT2D eigenvalue weighted by atomic mass is 16.5. The fourth-order valence-electron chi connectivity index (χ4n) is 5.10. The van der Waals surface area contributed by atoms with Crippen molar-refractivity contribution in [1.82, 2.24) is 30.0 Å². The van der Waals surface area contributed by atoms with Crippen LogP contribution in [0.5, 0.6) is 0 Å². The number of carbonyl (C=O) groups excluding carboxylic acids is 1. The largest absolute Gasteiger partial charge is 0.356 e. The van der Waals surface area contributed by atoms with Crippen LogP contribution in [0.3, 0.4) is 0 Å². The third kappa shape index (κ3) is 4.21. The smallest absolute Gasteiger partial charge is 0.162 e. The van der Waals surface area contributed by atoms with Crippen LogP contribution in [0.4, 0.5) is 5.82 Å². The van der Waals surface area contributed by atoms with Crippen molar-refractivity contribution >= 4 is 23.1 Å². The molecule has 10 heteroatoms. The molecule has 3 aromatic rings. The van der Waals surface area contributed by atoms with Gasteiger partial charge in [-0.2, -0.15) is 10.4 Å². The number of hydrogen-bond acceptors (Lipinski definition) is 8. The molecule has 1 aliphatic carbocycles. The van der Waals surface area contributed by atoms with Crippen molar-refractivity contribution in [3.8, 4) is 17.3 Å². The summed E-state index contributed by atoms with van der Waals surface area (Å²) in [6.07, 6.45) is 10.8. The van der Waals surface area contributed by atoms with Crippen LogP contribution < -0.4 is 10.2 Å². The number of aromatic amines is 1. The summed E-state index contributed by atoms with van der Waals surface area (Å²) < 4.78 is 7.92. The predicted octanol–water partition coefficient (Wildman–Crippen LogP) is 2.42. The Balaban J connectivity index is 1.64. The number of morpholine rings is 1. The normalized spacial score (nSPS) is 20.0. The lowest BCUT2D eigenvalue weighted by Crippen LogP contribution is -2.50. The molecule has 1 aliphatic heterocycles. The van der Waals surface area contributed by atoms with Crippen LogP contribution in [0.15, 0.2) is 24.8 Å². The predicted molar refractivity (Wildman–Crippen MR) is 122 cm³/mol. The summed E-state index contributed by atoms with van der Waals surface area (Å²) in [5, 5.41) is 18.8. The summed E-state index contributed by atoms with van der Waals surface area (Å²) in [6, 6.07) is 4.29. The molecule has 172 valence electrons. The van der Waals surface area contributed by atoms with E-state index in [1.165, 1.54) is 19.2 Å². The number of nitrogens with zero attached hydrogens (tertiary/aromatic N) is 6. The summed E-state index contributed by atoms with van der Waals surface area (Å²) in [5.41, 5.74) is 2.28. The minimum absolute atomic E-state index is 0.0166. The lowest BCUT2D eigenvalue weighted by atomic mass is 9.96. The number of anilines is 1. The lowest BCUT2D eigenvalue weighted by molar-refractivity contribution is -0.107. The van der Waals surface area contributed by atoms with Gasteiger partial charge >= 0.3 is 0 Å². The Morgan fingerprint density at radius 2 is 2.24 bits per heavy atom. The first kappa shape index (κ1) is 21.6. The van der Waals surface area contributed by atoms with E-state index >= 15 is 0 Å². The van der Waals surface area contributed by atoms with Gasteiger partial charge in [-0.15, -0.1) is 0 Å². The maximum absolute atomic E-state index is 11.7. The Morgan fingerprint density at radius 1 is 1.36 bits per heavy atom. The third-order valence-electron chi connectivity index (χ3n) is 6.70. The number of H-pyrrole nitrogens is 1. The number of nitriles is 1. The van der Waals surface area contributed by atoms with Crippen LogP contribution in [0.2, 0.25) is 0 Å². The van der Waals surface area contributed by atoms with Crippen LogP contribution in [0.1, 0.15) is 38.1 Å². The topological polar surface area (TPSA) is 125 Å². The Kier molecular flexibility index (Phi) is 6.32. The minimum Gasteiger partial charge on any atom is -0.356 e. The highest BCUT2D eigenvalue weighted by Gasteiger charge is 2.32. The second-order valence-corrected chi connectivity index (χ2v) is 8.63. The molecule has 33 heavy (non-hydrogen) atoms. The molecule has 0 amide bonds. The highest BCUT2D eigenvalue weighted by Crippen LogP contribution is 2.39. The highest BCUT2D eigenvalue weighted by molar-refractivity contribution is 5.93. The second kappa shape index (κ2) is 9.68. The molecule has 2 atom stereocenters. The Labute approximate surface area is 192 Å². The van der Waals surface area contributed by atoms with E-state index in [0.717, 1.165) is 48.0 Å². The van der Waals surface area contributed by atoms with Crippen LogP contribution in [0.25, 0.3) is 22.3 Å². The molecule has 1 saturated carbocycles. The van der Waals surface area contributed by atoms with Crippen molar-refractivity contribution in [2.75, 3.05) is 31.1 Å². The summed E-state index contributed by atoms with van der Waals surface area (Å²) >= 11 is 0. The summed E-state index contributed by atoms with van der Waals surface area (Å²) in [4.78, 5) is 25.6. The van der Waals surface area contributed by atoms with Crippen LogP contribution in [0, 0.1) is 17.2 Å². The van der Waals surface area contributed by atoms with Gasteiger partial charge in [-0.25, -0.2) is 9.97 Å². The van der Waals surface area contributed by atoms with E-state index in [1.54, 1.807) is 0 Å². The number of rotatable bonds is 8. The molecule has 0 bridgehead atoms. The first-order valence-corrected chi connectivity index (χ1v) is 11.6. The quantitative estimate of drug-likeness (QED) is 0.504. The molecular weight excluding hydrogens is 420 g/mol. The van der Waals surface area contributed by atoms with Gasteiger partial charge in [-0.3, -0.25) is 4.68 Å². The zero-order valence-electron chi connectivity index (χ0n) is 18.5. The van der Waals surface area contributed by atoms with E-state index < -0.39 is 0 Å². The number of ether oxygens (including phenoxy) is 1. The average Bonchev–Trinajstić information content (AvgIpc) is 3.62. The SMILES string of the molecule is N#CCC(C1CCCC1)n1cc(-c2ncnc3[nH]ccc23)c(N(CC=O)C2CNCCO2)n1. The molecule has 4 heterocycles. The maximum Gasteiger partial charge on any atom is 0.162 e. The maximum atomic E-state index is 11.7. The van der Waals surface area contributed by atoms with Gasteiger partial charge in [-0.1, -0.05) is 12.8 Å².